The van der Waals surface area contributed by atoms with Crippen LogP contribution in [0.3, 0.4) is 0 Å². The van der Waals surface area contributed by atoms with Crippen molar-refractivity contribution >= 4 is 29.3 Å². The van der Waals surface area contributed by atoms with Gasteiger partial charge in [0, 0.05) is 23.8 Å². The smallest absolute Gasteiger partial charge is 0.319 e. The Bertz CT molecular complexity index is 1270. The van der Waals surface area contributed by atoms with E-state index in [1.165, 1.54) is 17.8 Å². The highest BCUT2D eigenvalue weighted by Crippen LogP contribution is 2.27. The summed E-state index contributed by atoms with van der Waals surface area (Å²) in [6.45, 7) is 3.51. The number of rotatable bonds is 7. The van der Waals surface area contributed by atoms with Crippen LogP contribution in [0.5, 0.6) is 5.75 Å². The number of aromatic hydroxyl groups is 1. The first-order valence-electron chi connectivity index (χ1n) is 10.7. The number of amides is 2. The SMILES string of the molecule is CCOC(=O)CC(NC(=O)Nc1c(O)c(C)cn(C)c1=O)c1cccc(-c2cccc(Cl)c2)c1. The summed E-state index contributed by atoms with van der Waals surface area (Å²) in [6.07, 6.45) is 1.34. The number of anilines is 1. The summed E-state index contributed by atoms with van der Waals surface area (Å²) < 4.78 is 6.33. The molecular weight excluding hydrogens is 458 g/mol. The minimum atomic E-state index is -0.756. The third-order valence-corrected chi connectivity index (χ3v) is 5.43. The molecule has 0 aliphatic rings. The van der Waals surface area contributed by atoms with Crippen LogP contribution in [0.4, 0.5) is 10.5 Å². The first kappa shape index (κ1) is 24.9. The Morgan fingerprint density at radius 1 is 1.15 bits per heavy atom. The number of benzene rings is 2. The number of pyridine rings is 1. The van der Waals surface area contributed by atoms with Crippen LogP contribution >= 0.6 is 11.6 Å². The Kier molecular flexibility index (Phi) is 7.96. The van der Waals surface area contributed by atoms with Crippen molar-refractivity contribution in [2.24, 2.45) is 7.05 Å². The largest absolute Gasteiger partial charge is 0.505 e. The van der Waals surface area contributed by atoms with E-state index in [-0.39, 0.29) is 24.5 Å². The van der Waals surface area contributed by atoms with Crippen LogP contribution in [0, 0.1) is 6.92 Å². The number of aromatic nitrogens is 1. The van der Waals surface area contributed by atoms with Crippen LogP contribution in [0.15, 0.2) is 59.5 Å². The highest BCUT2D eigenvalue weighted by molar-refractivity contribution is 6.30. The average molecular weight is 484 g/mol. The second-order valence-corrected chi connectivity index (χ2v) is 8.18. The first-order valence-corrected chi connectivity index (χ1v) is 11.1. The molecule has 9 heteroatoms. The van der Waals surface area contributed by atoms with E-state index in [9.17, 15) is 19.5 Å². The Hall–Kier alpha value is -3.78. The fourth-order valence-corrected chi connectivity index (χ4v) is 3.74. The number of urea groups is 1. The molecule has 3 aromatic rings. The fourth-order valence-electron chi connectivity index (χ4n) is 3.55. The number of hydrogen-bond acceptors (Lipinski definition) is 5. The minimum Gasteiger partial charge on any atom is -0.505 e. The molecule has 0 saturated carbocycles. The zero-order chi connectivity index (χ0) is 24.8. The summed E-state index contributed by atoms with van der Waals surface area (Å²) in [5.41, 5.74) is 1.99. The van der Waals surface area contributed by atoms with Gasteiger partial charge in [-0.1, -0.05) is 41.9 Å². The van der Waals surface area contributed by atoms with E-state index in [1.54, 1.807) is 26.0 Å². The van der Waals surface area contributed by atoms with Gasteiger partial charge in [-0.3, -0.25) is 9.59 Å². The number of carbonyl (C=O) groups excluding carboxylic acids is 2. The third-order valence-electron chi connectivity index (χ3n) is 5.20. The first-order chi connectivity index (χ1) is 16.2. The molecule has 0 fully saturated rings. The van der Waals surface area contributed by atoms with Crippen LogP contribution in [0.1, 0.15) is 30.5 Å². The average Bonchev–Trinajstić information content (AvgIpc) is 2.80. The molecule has 178 valence electrons. The van der Waals surface area contributed by atoms with Crippen molar-refractivity contribution in [2.75, 3.05) is 11.9 Å². The third kappa shape index (κ3) is 5.96. The number of carbonyl (C=O) groups is 2. The lowest BCUT2D eigenvalue weighted by Crippen LogP contribution is -2.36. The van der Waals surface area contributed by atoms with Crippen LogP contribution in [-0.2, 0) is 16.6 Å². The summed E-state index contributed by atoms with van der Waals surface area (Å²) in [6, 6.07) is 13.2. The molecule has 8 nitrogen and oxygen atoms in total. The number of ether oxygens (including phenoxy) is 1. The molecule has 0 bridgehead atoms. The number of halogens is 1. The molecule has 3 N–H and O–H groups in total. The van der Waals surface area contributed by atoms with E-state index >= 15 is 0 Å². The van der Waals surface area contributed by atoms with Gasteiger partial charge in [-0.15, -0.1) is 0 Å². The quantitative estimate of drug-likeness (QED) is 0.427. The standard InChI is InChI=1S/C25H26ClN3O5/c1-4-34-21(30)13-20(18-9-5-7-16(11-18)17-8-6-10-19(26)12-17)27-25(33)28-22-23(31)15(2)14-29(3)24(22)32/h5-12,14,20,31H,4,13H2,1-3H3,(H2,27,28,33). The van der Waals surface area contributed by atoms with Gasteiger partial charge in [0.1, 0.15) is 5.75 Å². The van der Waals surface area contributed by atoms with Crippen molar-refractivity contribution in [3.05, 3.63) is 81.2 Å². The van der Waals surface area contributed by atoms with E-state index in [0.29, 0.717) is 16.1 Å². The summed E-state index contributed by atoms with van der Waals surface area (Å²) in [5.74, 6) is -0.807. The number of nitrogens with zero attached hydrogens (tertiary/aromatic N) is 1. The normalized spacial score (nSPS) is 11.5. The van der Waals surface area contributed by atoms with Crippen molar-refractivity contribution in [1.29, 1.82) is 0 Å². The summed E-state index contributed by atoms with van der Waals surface area (Å²) in [7, 11) is 1.52. The van der Waals surface area contributed by atoms with Crippen molar-refractivity contribution in [3.8, 4) is 16.9 Å². The van der Waals surface area contributed by atoms with E-state index in [1.807, 2.05) is 36.4 Å². The van der Waals surface area contributed by atoms with Crippen molar-refractivity contribution in [2.45, 2.75) is 26.3 Å². The fraction of sp³-hybridized carbons (Fsp3) is 0.240. The minimum absolute atomic E-state index is 0.127. The zero-order valence-electron chi connectivity index (χ0n) is 19.1. The molecule has 1 atom stereocenters. The van der Waals surface area contributed by atoms with Gasteiger partial charge in [0.2, 0.25) is 0 Å². The van der Waals surface area contributed by atoms with Gasteiger partial charge in [0.05, 0.1) is 19.1 Å². The maximum absolute atomic E-state index is 12.8. The number of nitrogens with one attached hydrogen (secondary N) is 2. The molecule has 34 heavy (non-hydrogen) atoms. The Balaban J connectivity index is 1.90. The molecule has 1 unspecified atom stereocenters. The molecule has 3 rings (SSSR count). The summed E-state index contributed by atoms with van der Waals surface area (Å²) >= 11 is 6.12. The number of esters is 1. The molecule has 1 heterocycles. The molecule has 2 amide bonds. The number of hydrogen-bond donors (Lipinski definition) is 3. The van der Waals surface area contributed by atoms with Crippen LogP contribution in [0.25, 0.3) is 11.1 Å². The highest BCUT2D eigenvalue weighted by Gasteiger charge is 2.22. The lowest BCUT2D eigenvalue weighted by atomic mass is 9.98. The van der Waals surface area contributed by atoms with E-state index in [0.717, 1.165) is 11.1 Å². The maximum atomic E-state index is 12.8. The van der Waals surface area contributed by atoms with E-state index < -0.39 is 23.6 Å². The van der Waals surface area contributed by atoms with Gasteiger partial charge in [-0.05, 0) is 48.7 Å². The predicted octanol–water partition coefficient (Wildman–Crippen LogP) is 4.54. The van der Waals surface area contributed by atoms with E-state index in [2.05, 4.69) is 10.6 Å². The summed E-state index contributed by atoms with van der Waals surface area (Å²) in [5, 5.41) is 16.0. The molecule has 0 saturated heterocycles. The van der Waals surface area contributed by atoms with Gasteiger partial charge < -0.3 is 25.0 Å². The highest BCUT2D eigenvalue weighted by atomic mass is 35.5. The van der Waals surface area contributed by atoms with Gasteiger partial charge in [-0.25, -0.2) is 4.79 Å². The summed E-state index contributed by atoms with van der Waals surface area (Å²) in [4.78, 5) is 37.5. The Labute approximate surface area is 202 Å². The topological polar surface area (TPSA) is 110 Å². The van der Waals surface area contributed by atoms with Crippen LogP contribution in [0.2, 0.25) is 5.02 Å². The second kappa shape index (κ2) is 10.9. The lowest BCUT2D eigenvalue weighted by Gasteiger charge is -2.20. The number of aryl methyl sites for hydroxylation is 2. The molecular formula is C25H26ClN3O5. The zero-order valence-corrected chi connectivity index (χ0v) is 19.8. The predicted molar refractivity (Wildman–Crippen MR) is 131 cm³/mol. The molecule has 1 aromatic heterocycles. The van der Waals surface area contributed by atoms with Crippen molar-refractivity contribution < 1.29 is 19.4 Å². The monoisotopic (exact) mass is 483 g/mol. The molecule has 0 radical (unpaired) electrons. The molecule has 0 aliphatic heterocycles. The van der Waals surface area contributed by atoms with Gasteiger partial charge in [0.25, 0.3) is 5.56 Å². The Morgan fingerprint density at radius 2 is 1.82 bits per heavy atom. The van der Waals surface area contributed by atoms with Gasteiger partial charge in [-0.2, -0.15) is 0 Å². The maximum Gasteiger partial charge on any atom is 0.319 e. The van der Waals surface area contributed by atoms with Crippen molar-refractivity contribution in [3.63, 3.8) is 0 Å². The van der Waals surface area contributed by atoms with Gasteiger partial charge in [0.15, 0.2) is 5.69 Å². The van der Waals surface area contributed by atoms with Gasteiger partial charge >= 0.3 is 12.0 Å². The second-order valence-electron chi connectivity index (χ2n) is 7.75. The van der Waals surface area contributed by atoms with E-state index in [4.69, 9.17) is 16.3 Å². The Morgan fingerprint density at radius 3 is 2.50 bits per heavy atom. The molecule has 2 aromatic carbocycles. The van der Waals surface area contributed by atoms with Crippen LogP contribution < -0.4 is 16.2 Å². The molecule has 0 spiro atoms. The van der Waals surface area contributed by atoms with Crippen LogP contribution in [-0.4, -0.2) is 28.3 Å². The van der Waals surface area contributed by atoms with Crippen molar-refractivity contribution in [1.82, 2.24) is 9.88 Å². The molecule has 0 aliphatic carbocycles. The lowest BCUT2D eigenvalue weighted by molar-refractivity contribution is -0.143.